The molecule has 0 aliphatic rings. The van der Waals surface area contributed by atoms with E-state index in [0.717, 1.165) is 5.56 Å². The Hall–Kier alpha value is -0.890. The standard InChI is InChI=1S/C11H16FN/c1-8(12)9-4-6-10(7-5-9)11(2,3)13/h4-8H,13H2,1-3H3. The number of hydrogen-bond donors (Lipinski definition) is 1. The summed E-state index contributed by atoms with van der Waals surface area (Å²) >= 11 is 0. The maximum Gasteiger partial charge on any atom is 0.122 e. The molecule has 0 saturated carbocycles. The lowest BCUT2D eigenvalue weighted by Crippen LogP contribution is -2.28. The molecule has 0 heterocycles. The van der Waals surface area contributed by atoms with Crippen LogP contribution >= 0.6 is 0 Å². The average molecular weight is 181 g/mol. The van der Waals surface area contributed by atoms with Gasteiger partial charge in [0.05, 0.1) is 0 Å². The first-order valence-electron chi connectivity index (χ1n) is 4.44. The third kappa shape index (κ3) is 2.52. The van der Waals surface area contributed by atoms with Crippen molar-refractivity contribution in [2.75, 3.05) is 0 Å². The second kappa shape index (κ2) is 3.46. The minimum atomic E-state index is -0.907. The zero-order valence-corrected chi connectivity index (χ0v) is 8.34. The van der Waals surface area contributed by atoms with Crippen LogP contribution in [0.5, 0.6) is 0 Å². The van der Waals surface area contributed by atoms with Crippen LogP contribution in [0.3, 0.4) is 0 Å². The molecule has 72 valence electrons. The van der Waals surface area contributed by atoms with Gasteiger partial charge in [0.25, 0.3) is 0 Å². The van der Waals surface area contributed by atoms with Gasteiger partial charge in [0.15, 0.2) is 0 Å². The van der Waals surface area contributed by atoms with Crippen LogP contribution in [0.4, 0.5) is 4.39 Å². The van der Waals surface area contributed by atoms with Crippen molar-refractivity contribution in [1.82, 2.24) is 0 Å². The topological polar surface area (TPSA) is 26.0 Å². The van der Waals surface area contributed by atoms with Gasteiger partial charge < -0.3 is 5.73 Å². The number of nitrogens with two attached hydrogens (primary N) is 1. The maximum absolute atomic E-state index is 12.8. The molecule has 0 bridgehead atoms. The fourth-order valence-electron chi connectivity index (χ4n) is 1.18. The monoisotopic (exact) mass is 181 g/mol. The summed E-state index contributed by atoms with van der Waals surface area (Å²) in [7, 11) is 0. The summed E-state index contributed by atoms with van der Waals surface area (Å²) in [4.78, 5) is 0. The molecule has 0 radical (unpaired) electrons. The molecule has 1 aromatic carbocycles. The van der Waals surface area contributed by atoms with Crippen LogP contribution in [0.1, 0.15) is 38.1 Å². The van der Waals surface area contributed by atoms with Crippen LogP contribution < -0.4 is 5.73 Å². The Balaban J connectivity index is 2.94. The van der Waals surface area contributed by atoms with Gasteiger partial charge in [-0.15, -0.1) is 0 Å². The Morgan fingerprint density at radius 2 is 1.69 bits per heavy atom. The fourth-order valence-corrected chi connectivity index (χ4v) is 1.18. The molecule has 2 heteroatoms. The van der Waals surface area contributed by atoms with E-state index in [0.29, 0.717) is 5.56 Å². The molecule has 0 fully saturated rings. The van der Waals surface area contributed by atoms with Gasteiger partial charge in [0.2, 0.25) is 0 Å². The first-order chi connectivity index (χ1) is 5.91. The summed E-state index contributed by atoms with van der Waals surface area (Å²) in [5.74, 6) is 0. The van der Waals surface area contributed by atoms with Gasteiger partial charge in [0.1, 0.15) is 6.17 Å². The minimum Gasteiger partial charge on any atom is -0.322 e. The Morgan fingerprint density at radius 3 is 2.00 bits per heavy atom. The molecule has 1 rings (SSSR count). The smallest absolute Gasteiger partial charge is 0.122 e. The Bertz CT molecular complexity index is 269. The van der Waals surface area contributed by atoms with E-state index in [-0.39, 0.29) is 5.54 Å². The van der Waals surface area contributed by atoms with Gasteiger partial charge in [-0.2, -0.15) is 0 Å². The SMILES string of the molecule is CC(F)c1ccc(C(C)(C)N)cc1. The van der Waals surface area contributed by atoms with Crippen LogP contribution in [0.15, 0.2) is 24.3 Å². The predicted octanol–water partition coefficient (Wildman–Crippen LogP) is 2.91. The lowest BCUT2D eigenvalue weighted by atomic mass is 9.94. The van der Waals surface area contributed by atoms with Crippen LogP contribution in [0, 0.1) is 0 Å². The van der Waals surface area contributed by atoms with Crippen molar-refractivity contribution in [3.63, 3.8) is 0 Å². The second-order valence-electron chi connectivity index (χ2n) is 3.96. The highest BCUT2D eigenvalue weighted by Crippen LogP contribution is 2.21. The first-order valence-corrected chi connectivity index (χ1v) is 4.44. The molecular formula is C11H16FN. The normalized spacial score (nSPS) is 14.2. The van der Waals surface area contributed by atoms with E-state index in [4.69, 9.17) is 5.73 Å². The first kappa shape index (κ1) is 10.2. The van der Waals surface area contributed by atoms with Gasteiger partial charge in [-0.1, -0.05) is 24.3 Å². The molecule has 1 nitrogen and oxygen atoms in total. The highest BCUT2D eigenvalue weighted by atomic mass is 19.1. The molecule has 1 unspecified atom stereocenters. The van der Waals surface area contributed by atoms with E-state index < -0.39 is 6.17 Å². The van der Waals surface area contributed by atoms with Crippen molar-refractivity contribution < 1.29 is 4.39 Å². The highest BCUT2D eigenvalue weighted by Gasteiger charge is 2.13. The van der Waals surface area contributed by atoms with Crippen molar-refractivity contribution in [2.45, 2.75) is 32.5 Å². The number of rotatable bonds is 2. The number of alkyl halides is 1. The van der Waals surface area contributed by atoms with Crippen LogP contribution in [-0.4, -0.2) is 0 Å². The maximum atomic E-state index is 12.8. The Labute approximate surface area is 78.8 Å². The molecule has 0 aliphatic carbocycles. The van der Waals surface area contributed by atoms with Crippen molar-refractivity contribution in [3.05, 3.63) is 35.4 Å². The van der Waals surface area contributed by atoms with E-state index in [9.17, 15) is 4.39 Å². The summed E-state index contributed by atoms with van der Waals surface area (Å²) in [6, 6.07) is 7.33. The zero-order valence-electron chi connectivity index (χ0n) is 8.34. The lowest BCUT2D eigenvalue weighted by molar-refractivity contribution is 0.374. The molecule has 0 saturated heterocycles. The lowest BCUT2D eigenvalue weighted by Gasteiger charge is -2.19. The van der Waals surface area contributed by atoms with Crippen molar-refractivity contribution >= 4 is 0 Å². The Morgan fingerprint density at radius 1 is 1.23 bits per heavy atom. The molecular weight excluding hydrogens is 165 g/mol. The second-order valence-corrected chi connectivity index (χ2v) is 3.96. The van der Waals surface area contributed by atoms with E-state index in [1.807, 2.05) is 26.0 Å². The molecule has 0 spiro atoms. The summed E-state index contributed by atoms with van der Waals surface area (Å²) < 4.78 is 12.8. The highest BCUT2D eigenvalue weighted by molar-refractivity contribution is 5.28. The largest absolute Gasteiger partial charge is 0.322 e. The third-order valence-corrected chi connectivity index (χ3v) is 2.11. The third-order valence-electron chi connectivity index (χ3n) is 2.11. The van der Waals surface area contributed by atoms with E-state index in [1.165, 1.54) is 6.92 Å². The van der Waals surface area contributed by atoms with Crippen LogP contribution in [-0.2, 0) is 5.54 Å². The van der Waals surface area contributed by atoms with Crippen LogP contribution in [0.25, 0.3) is 0 Å². The fraction of sp³-hybridized carbons (Fsp3) is 0.455. The molecule has 1 aromatic rings. The van der Waals surface area contributed by atoms with Gasteiger partial charge in [-0.3, -0.25) is 0 Å². The van der Waals surface area contributed by atoms with E-state index >= 15 is 0 Å². The molecule has 13 heavy (non-hydrogen) atoms. The summed E-state index contributed by atoms with van der Waals surface area (Å²) in [5, 5.41) is 0. The van der Waals surface area contributed by atoms with Gasteiger partial charge in [-0.25, -0.2) is 4.39 Å². The molecule has 1 atom stereocenters. The molecule has 0 amide bonds. The van der Waals surface area contributed by atoms with Crippen molar-refractivity contribution in [1.29, 1.82) is 0 Å². The van der Waals surface area contributed by atoms with E-state index in [1.54, 1.807) is 12.1 Å². The quantitative estimate of drug-likeness (QED) is 0.745. The Kier molecular flexibility index (Phi) is 2.71. The predicted molar refractivity (Wildman–Crippen MR) is 53.2 cm³/mol. The average Bonchev–Trinajstić information content (AvgIpc) is 2.03. The summed E-state index contributed by atoms with van der Waals surface area (Å²) in [6.45, 7) is 5.39. The number of halogens is 1. The minimum absolute atomic E-state index is 0.349. The van der Waals surface area contributed by atoms with Gasteiger partial charge in [0, 0.05) is 5.54 Å². The summed E-state index contributed by atoms with van der Waals surface area (Å²) in [5.41, 5.74) is 7.27. The zero-order chi connectivity index (χ0) is 10.1. The number of benzene rings is 1. The van der Waals surface area contributed by atoms with Gasteiger partial charge in [-0.05, 0) is 31.9 Å². The van der Waals surface area contributed by atoms with Crippen molar-refractivity contribution in [3.8, 4) is 0 Å². The van der Waals surface area contributed by atoms with Crippen LogP contribution in [0.2, 0.25) is 0 Å². The van der Waals surface area contributed by atoms with Gasteiger partial charge >= 0.3 is 0 Å². The number of hydrogen-bond acceptors (Lipinski definition) is 1. The molecule has 2 N–H and O–H groups in total. The molecule has 0 aromatic heterocycles. The molecule has 0 aliphatic heterocycles. The van der Waals surface area contributed by atoms with Crippen molar-refractivity contribution in [2.24, 2.45) is 5.73 Å². The summed E-state index contributed by atoms with van der Waals surface area (Å²) in [6.07, 6.45) is -0.907. The van der Waals surface area contributed by atoms with E-state index in [2.05, 4.69) is 0 Å².